The molecule has 0 aromatic heterocycles. The maximum Gasteiger partial charge on any atom is 0.326 e. The summed E-state index contributed by atoms with van der Waals surface area (Å²) in [4.78, 5) is 25.1. The van der Waals surface area contributed by atoms with Crippen molar-refractivity contribution in [2.45, 2.75) is 65.8 Å². The first kappa shape index (κ1) is 17.8. The molecule has 0 bridgehead atoms. The highest BCUT2D eigenvalue weighted by Crippen LogP contribution is 2.34. The summed E-state index contributed by atoms with van der Waals surface area (Å²) >= 11 is 0. The summed E-state index contributed by atoms with van der Waals surface area (Å²) in [6.07, 6.45) is 4.32. The normalized spacial score (nSPS) is 21.5. The Morgan fingerprint density at radius 3 is 2.48 bits per heavy atom. The molecule has 5 heteroatoms. The van der Waals surface area contributed by atoms with Crippen LogP contribution < -0.4 is 5.32 Å². The van der Waals surface area contributed by atoms with E-state index < -0.39 is 12.0 Å². The first-order valence-electron chi connectivity index (χ1n) is 8.04. The van der Waals surface area contributed by atoms with E-state index in [2.05, 4.69) is 26.1 Å². The molecule has 2 atom stereocenters. The average Bonchev–Trinajstić information content (AvgIpc) is 2.63. The SMILES string of the molecule is CCC[C@@H](NC(=O)N1CCCC(C(C)(C)C)CC1)C(=O)O. The highest BCUT2D eigenvalue weighted by atomic mass is 16.4. The first-order chi connectivity index (χ1) is 9.75. The number of rotatable bonds is 4. The monoisotopic (exact) mass is 298 g/mol. The van der Waals surface area contributed by atoms with Crippen molar-refractivity contribution in [1.29, 1.82) is 0 Å². The molecule has 0 radical (unpaired) electrons. The Hall–Kier alpha value is -1.26. The number of amides is 2. The quantitative estimate of drug-likeness (QED) is 0.838. The van der Waals surface area contributed by atoms with Gasteiger partial charge in [-0.1, -0.05) is 34.1 Å². The number of hydrogen-bond acceptors (Lipinski definition) is 2. The number of carboxylic acid groups (broad SMARTS) is 1. The molecular formula is C16H30N2O3. The lowest BCUT2D eigenvalue weighted by molar-refractivity contribution is -0.139. The number of carbonyl (C=O) groups excluding carboxylic acids is 1. The summed E-state index contributed by atoms with van der Waals surface area (Å²) in [5, 5.41) is 11.8. The minimum atomic E-state index is -0.951. The number of aliphatic carboxylic acids is 1. The van der Waals surface area contributed by atoms with Gasteiger partial charge in [0, 0.05) is 13.1 Å². The van der Waals surface area contributed by atoms with Gasteiger partial charge >= 0.3 is 12.0 Å². The zero-order valence-corrected chi connectivity index (χ0v) is 13.8. The van der Waals surface area contributed by atoms with Crippen LogP contribution in [0.25, 0.3) is 0 Å². The van der Waals surface area contributed by atoms with Crippen LogP contribution in [-0.4, -0.2) is 41.1 Å². The highest BCUT2D eigenvalue weighted by molar-refractivity contribution is 5.82. The zero-order valence-electron chi connectivity index (χ0n) is 13.8. The third-order valence-electron chi connectivity index (χ3n) is 4.41. The van der Waals surface area contributed by atoms with Crippen molar-refractivity contribution in [2.75, 3.05) is 13.1 Å². The second-order valence-electron chi connectivity index (χ2n) is 7.11. The lowest BCUT2D eigenvalue weighted by Crippen LogP contribution is -2.48. The molecule has 122 valence electrons. The van der Waals surface area contributed by atoms with Crippen molar-refractivity contribution < 1.29 is 14.7 Å². The number of urea groups is 1. The predicted molar refractivity (Wildman–Crippen MR) is 83.2 cm³/mol. The van der Waals surface area contributed by atoms with Crippen LogP contribution in [0.5, 0.6) is 0 Å². The molecule has 21 heavy (non-hydrogen) atoms. The van der Waals surface area contributed by atoms with Gasteiger partial charge in [0.05, 0.1) is 0 Å². The lowest BCUT2D eigenvalue weighted by atomic mass is 9.77. The van der Waals surface area contributed by atoms with Gasteiger partial charge in [0.15, 0.2) is 0 Å². The molecule has 2 N–H and O–H groups in total. The van der Waals surface area contributed by atoms with Crippen LogP contribution >= 0.6 is 0 Å². The Balaban J connectivity index is 2.57. The molecule has 1 fully saturated rings. The fraction of sp³-hybridized carbons (Fsp3) is 0.875. The van der Waals surface area contributed by atoms with E-state index in [1.807, 2.05) is 6.92 Å². The van der Waals surface area contributed by atoms with Gasteiger partial charge < -0.3 is 15.3 Å². The van der Waals surface area contributed by atoms with Gasteiger partial charge in [-0.25, -0.2) is 9.59 Å². The summed E-state index contributed by atoms with van der Waals surface area (Å²) in [6, 6.07) is -1.01. The van der Waals surface area contributed by atoms with Gasteiger partial charge in [0.25, 0.3) is 0 Å². The van der Waals surface area contributed by atoms with Crippen LogP contribution in [-0.2, 0) is 4.79 Å². The van der Waals surface area contributed by atoms with E-state index in [0.717, 1.165) is 32.2 Å². The van der Waals surface area contributed by atoms with Crippen molar-refractivity contribution in [3.63, 3.8) is 0 Å². The highest BCUT2D eigenvalue weighted by Gasteiger charge is 2.29. The molecular weight excluding hydrogens is 268 g/mol. The van der Waals surface area contributed by atoms with Crippen LogP contribution in [0.1, 0.15) is 59.8 Å². The Kier molecular flexibility index (Phi) is 6.49. The van der Waals surface area contributed by atoms with E-state index in [9.17, 15) is 9.59 Å². The fourth-order valence-electron chi connectivity index (χ4n) is 2.95. The van der Waals surface area contributed by atoms with Crippen LogP contribution in [0.2, 0.25) is 0 Å². The number of carboxylic acids is 1. The minimum absolute atomic E-state index is 0.231. The lowest BCUT2D eigenvalue weighted by Gasteiger charge is -2.30. The van der Waals surface area contributed by atoms with Gasteiger partial charge in [-0.05, 0) is 37.0 Å². The second-order valence-corrected chi connectivity index (χ2v) is 7.11. The van der Waals surface area contributed by atoms with E-state index in [1.165, 1.54) is 0 Å². The molecule has 5 nitrogen and oxygen atoms in total. The Morgan fingerprint density at radius 2 is 1.95 bits per heavy atom. The molecule has 1 unspecified atom stereocenters. The van der Waals surface area contributed by atoms with Crippen molar-refractivity contribution in [1.82, 2.24) is 10.2 Å². The number of hydrogen-bond donors (Lipinski definition) is 2. The first-order valence-corrected chi connectivity index (χ1v) is 8.04. The second kappa shape index (κ2) is 7.66. The maximum absolute atomic E-state index is 12.2. The van der Waals surface area contributed by atoms with Crippen LogP contribution in [0.4, 0.5) is 4.79 Å². The van der Waals surface area contributed by atoms with Crippen LogP contribution in [0.15, 0.2) is 0 Å². The van der Waals surface area contributed by atoms with Gasteiger partial charge in [-0.3, -0.25) is 0 Å². The summed E-state index contributed by atoms with van der Waals surface area (Å²) in [5.41, 5.74) is 0.262. The molecule has 0 aromatic rings. The molecule has 0 aliphatic carbocycles. The predicted octanol–water partition coefficient (Wildman–Crippen LogP) is 3.10. The number of carbonyl (C=O) groups is 2. The summed E-state index contributed by atoms with van der Waals surface area (Å²) < 4.78 is 0. The van der Waals surface area contributed by atoms with Gasteiger partial charge in [-0.2, -0.15) is 0 Å². The minimum Gasteiger partial charge on any atom is -0.480 e. The van der Waals surface area contributed by atoms with Crippen molar-refractivity contribution in [3.8, 4) is 0 Å². The summed E-state index contributed by atoms with van der Waals surface area (Å²) in [6.45, 7) is 10.1. The van der Waals surface area contributed by atoms with Crippen LogP contribution in [0.3, 0.4) is 0 Å². The third kappa shape index (κ3) is 5.56. The molecule has 1 saturated heterocycles. The van der Waals surface area contributed by atoms with Crippen molar-refractivity contribution in [2.24, 2.45) is 11.3 Å². The maximum atomic E-state index is 12.2. The van der Waals surface area contributed by atoms with Crippen molar-refractivity contribution in [3.05, 3.63) is 0 Å². The number of likely N-dealkylation sites (tertiary alicyclic amines) is 1. The van der Waals surface area contributed by atoms with E-state index in [4.69, 9.17) is 5.11 Å². The van der Waals surface area contributed by atoms with Gasteiger partial charge in [0.2, 0.25) is 0 Å². The molecule has 0 aromatic carbocycles. The molecule has 2 amide bonds. The smallest absolute Gasteiger partial charge is 0.326 e. The largest absolute Gasteiger partial charge is 0.480 e. The molecule has 1 rings (SSSR count). The van der Waals surface area contributed by atoms with Gasteiger partial charge in [-0.15, -0.1) is 0 Å². The summed E-state index contributed by atoms with van der Waals surface area (Å²) in [7, 11) is 0. The van der Waals surface area contributed by atoms with E-state index in [-0.39, 0.29) is 11.4 Å². The Morgan fingerprint density at radius 1 is 1.29 bits per heavy atom. The Bertz CT molecular complexity index is 363. The molecule has 1 aliphatic heterocycles. The standard InChI is InChI=1S/C16H30N2O3/c1-5-7-13(14(19)20)17-15(21)18-10-6-8-12(9-11-18)16(2,3)4/h12-13H,5-11H2,1-4H3,(H,17,21)(H,19,20)/t12?,13-/m1/s1. The molecule has 0 spiro atoms. The van der Waals surface area contributed by atoms with Crippen molar-refractivity contribution >= 4 is 12.0 Å². The fourth-order valence-corrected chi connectivity index (χ4v) is 2.95. The third-order valence-corrected chi connectivity index (χ3v) is 4.41. The van der Waals surface area contributed by atoms with E-state index >= 15 is 0 Å². The summed E-state index contributed by atoms with van der Waals surface area (Å²) in [5.74, 6) is -0.339. The number of nitrogens with zero attached hydrogens (tertiary/aromatic N) is 1. The molecule has 0 saturated carbocycles. The average molecular weight is 298 g/mol. The van der Waals surface area contributed by atoms with E-state index in [1.54, 1.807) is 4.90 Å². The molecule has 1 heterocycles. The van der Waals surface area contributed by atoms with E-state index in [0.29, 0.717) is 18.9 Å². The van der Waals surface area contributed by atoms with Gasteiger partial charge in [0.1, 0.15) is 6.04 Å². The Labute approximate surface area is 128 Å². The molecule has 1 aliphatic rings. The van der Waals surface area contributed by atoms with Crippen LogP contribution in [0, 0.1) is 11.3 Å². The zero-order chi connectivity index (χ0) is 16.0. The number of nitrogens with one attached hydrogen (secondary N) is 1. The topological polar surface area (TPSA) is 69.6 Å².